The van der Waals surface area contributed by atoms with E-state index in [4.69, 9.17) is 11.6 Å². The summed E-state index contributed by atoms with van der Waals surface area (Å²) in [4.78, 5) is 27.7. The first-order valence-electron chi connectivity index (χ1n) is 11.8. The molecule has 1 saturated carbocycles. The normalized spacial score (nSPS) is 15.3. The Morgan fingerprint density at radius 2 is 1.73 bits per heavy atom. The van der Waals surface area contributed by atoms with Gasteiger partial charge in [0.25, 0.3) is 0 Å². The van der Waals surface area contributed by atoms with Gasteiger partial charge >= 0.3 is 6.18 Å². The van der Waals surface area contributed by atoms with E-state index in [9.17, 15) is 31.2 Å². The molecule has 37 heavy (non-hydrogen) atoms. The number of amides is 2. The van der Waals surface area contributed by atoms with E-state index in [0.717, 1.165) is 44.1 Å². The Hall–Kier alpha value is -2.79. The average molecular weight is 560 g/mol. The van der Waals surface area contributed by atoms with E-state index in [1.54, 1.807) is 37.3 Å². The van der Waals surface area contributed by atoms with Crippen LogP contribution in [0.2, 0.25) is 5.02 Å². The lowest BCUT2D eigenvalue weighted by atomic mass is 10.1. The summed E-state index contributed by atoms with van der Waals surface area (Å²) in [7, 11) is -4.18. The molecule has 2 aromatic carbocycles. The predicted molar refractivity (Wildman–Crippen MR) is 135 cm³/mol. The number of nitrogens with zero attached hydrogens (tertiary/aromatic N) is 2. The van der Waals surface area contributed by atoms with Crippen molar-refractivity contribution in [3.63, 3.8) is 0 Å². The molecule has 1 aliphatic rings. The third-order valence-electron chi connectivity index (χ3n) is 6.29. The van der Waals surface area contributed by atoms with Crippen LogP contribution < -0.4 is 9.62 Å². The number of benzene rings is 2. The summed E-state index contributed by atoms with van der Waals surface area (Å²) in [5.74, 6) is -1.13. The first-order valence-corrected chi connectivity index (χ1v) is 14.0. The van der Waals surface area contributed by atoms with Crippen LogP contribution in [-0.2, 0) is 32.3 Å². The molecule has 1 N–H and O–H groups in total. The Morgan fingerprint density at radius 3 is 2.30 bits per heavy atom. The molecule has 0 heterocycles. The molecule has 0 aromatic heterocycles. The number of hydrogen-bond acceptors (Lipinski definition) is 4. The zero-order valence-electron chi connectivity index (χ0n) is 20.5. The highest BCUT2D eigenvalue weighted by Crippen LogP contribution is 2.37. The number of sulfonamides is 1. The Balaban J connectivity index is 1.92. The molecular weight excluding hydrogens is 531 g/mol. The molecule has 1 aliphatic carbocycles. The second kappa shape index (κ2) is 11.7. The molecule has 202 valence electrons. The molecule has 0 spiro atoms. The van der Waals surface area contributed by atoms with Crippen LogP contribution in [0, 0.1) is 0 Å². The smallest absolute Gasteiger partial charge is 0.352 e. The van der Waals surface area contributed by atoms with Gasteiger partial charge in [-0.15, -0.1) is 0 Å². The van der Waals surface area contributed by atoms with Gasteiger partial charge in [0, 0.05) is 12.6 Å². The molecule has 0 unspecified atom stereocenters. The van der Waals surface area contributed by atoms with Gasteiger partial charge in [-0.2, -0.15) is 13.2 Å². The zero-order chi connectivity index (χ0) is 27.4. The van der Waals surface area contributed by atoms with Crippen molar-refractivity contribution in [2.24, 2.45) is 0 Å². The third kappa shape index (κ3) is 7.61. The van der Waals surface area contributed by atoms with Gasteiger partial charge in [0.2, 0.25) is 21.8 Å². The lowest BCUT2D eigenvalue weighted by Gasteiger charge is -2.32. The lowest BCUT2D eigenvalue weighted by molar-refractivity contribution is -0.139. The van der Waals surface area contributed by atoms with E-state index in [-0.39, 0.29) is 24.2 Å². The second-order valence-corrected chi connectivity index (χ2v) is 11.4. The molecule has 3 rings (SSSR count). The summed E-state index contributed by atoms with van der Waals surface area (Å²) in [6.07, 6.45) is -0.366. The van der Waals surface area contributed by atoms with Crippen LogP contribution in [0.5, 0.6) is 0 Å². The highest BCUT2D eigenvalue weighted by atomic mass is 35.5. The first-order chi connectivity index (χ1) is 17.3. The van der Waals surface area contributed by atoms with E-state index < -0.39 is 45.3 Å². The molecular formula is C25H29ClF3N3O4S. The molecule has 2 amide bonds. The molecule has 12 heteroatoms. The van der Waals surface area contributed by atoms with Gasteiger partial charge in [0.1, 0.15) is 12.6 Å². The van der Waals surface area contributed by atoms with Crippen molar-refractivity contribution in [3.8, 4) is 0 Å². The molecule has 1 fully saturated rings. The molecule has 0 bridgehead atoms. The quantitative estimate of drug-likeness (QED) is 0.486. The van der Waals surface area contributed by atoms with Crippen LogP contribution in [-0.4, -0.2) is 50.0 Å². The Bertz CT molecular complexity index is 1220. The van der Waals surface area contributed by atoms with Gasteiger partial charge in [0.15, 0.2) is 0 Å². The highest BCUT2D eigenvalue weighted by molar-refractivity contribution is 7.92. The van der Waals surface area contributed by atoms with Crippen molar-refractivity contribution in [3.05, 3.63) is 64.7 Å². The van der Waals surface area contributed by atoms with Crippen LogP contribution in [0.1, 0.15) is 43.7 Å². The maximum atomic E-state index is 13.5. The van der Waals surface area contributed by atoms with Crippen molar-refractivity contribution >= 4 is 39.1 Å². The van der Waals surface area contributed by atoms with Crippen LogP contribution >= 0.6 is 11.6 Å². The fourth-order valence-corrected chi connectivity index (χ4v) is 5.32. The van der Waals surface area contributed by atoms with Gasteiger partial charge in [-0.3, -0.25) is 13.9 Å². The summed E-state index contributed by atoms with van der Waals surface area (Å²) in [5, 5.41) is 2.34. The standard InChI is InChI=1S/C25H29ClF3N3O4S/c1-17(24(34)30-19-10-6-7-11-19)31(15-18-8-4-3-5-9-18)23(33)16-32(37(2,35)36)20-12-13-22(26)21(14-20)25(27,28)29/h3-5,8-9,12-14,17,19H,6-7,10-11,15-16H2,1-2H3,(H,30,34)/t17-/m0/s1. The molecule has 1 atom stereocenters. The first kappa shape index (κ1) is 28.8. The fraction of sp³-hybridized carbons (Fsp3) is 0.440. The van der Waals surface area contributed by atoms with Crippen LogP contribution in [0.4, 0.5) is 18.9 Å². The average Bonchev–Trinajstić information content (AvgIpc) is 3.33. The van der Waals surface area contributed by atoms with Gasteiger partial charge in [-0.05, 0) is 43.5 Å². The SMILES string of the molecule is C[C@@H](C(=O)NC1CCCC1)N(Cc1ccccc1)C(=O)CN(c1ccc(Cl)c(C(F)(F)F)c1)S(C)(=O)=O. The monoisotopic (exact) mass is 559 g/mol. The third-order valence-corrected chi connectivity index (χ3v) is 7.76. The van der Waals surface area contributed by atoms with Crippen LogP contribution in [0.25, 0.3) is 0 Å². The number of alkyl halides is 3. The highest BCUT2D eigenvalue weighted by Gasteiger charge is 2.36. The van der Waals surface area contributed by atoms with Crippen molar-refractivity contribution in [2.75, 3.05) is 17.1 Å². The lowest BCUT2D eigenvalue weighted by Crippen LogP contribution is -2.52. The summed E-state index contributed by atoms with van der Waals surface area (Å²) >= 11 is 5.68. The van der Waals surface area contributed by atoms with Crippen molar-refractivity contribution < 1.29 is 31.2 Å². The second-order valence-electron chi connectivity index (χ2n) is 9.10. The van der Waals surface area contributed by atoms with Gasteiger partial charge in [-0.25, -0.2) is 8.42 Å². The van der Waals surface area contributed by atoms with Gasteiger partial charge < -0.3 is 10.2 Å². The molecule has 0 aliphatic heterocycles. The molecule has 2 aromatic rings. The Labute approximate surface area is 219 Å². The van der Waals surface area contributed by atoms with Crippen molar-refractivity contribution in [1.29, 1.82) is 0 Å². The van der Waals surface area contributed by atoms with E-state index in [0.29, 0.717) is 15.9 Å². The number of anilines is 1. The topological polar surface area (TPSA) is 86.8 Å². The Morgan fingerprint density at radius 1 is 1.11 bits per heavy atom. The molecule has 0 radical (unpaired) electrons. The number of hydrogen-bond donors (Lipinski definition) is 1. The van der Waals surface area contributed by atoms with E-state index in [2.05, 4.69) is 5.32 Å². The number of carbonyl (C=O) groups excluding carboxylic acids is 2. The van der Waals surface area contributed by atoms with Crippen molar-refractivity contribution in [1.82, 2.24) is 10.2 Å². The van der Waals surface area contributed by atoms with Gasteiger partial charge in [0.05, 0.1) is 22.5 Å². The minimum absolute atomic E-state index is 0.00491. The molecule has 0 saturated heterocycles. The number of nitrogens with one attached hydrogen (secondary N) is 1. The predicted octanol–water partition coefficient (Wildman–Crippen LogP) is 4.60. The maximum Gasteiger partial charge on any atom is 0.417 e. The Kier molecular flexibility index (Phi) is 9.12. The van der Waals surface area contributed by atoms with E-state index in [1.807, 2.05) is 0 Å². The van der Waals surface area contributed by atoms with E-state index >= 15 is 0 Å². The zero-order valence-corrected chi connectivity index (χ0v) is 22.0. The minimum Gasteiger partial charge on any atom is -0.352 e. The van der Waals surface area contributed by atoms with E-state index in [1.165, 1.54) is 4.90 Å². The summed E-state index contributed by atoms with van der Waals surface area (Å²) in [6, 6.07) is 10.5. The maximum absolute atomic E-state index is 13.5. The number of carbonyl (C=O) groups is 2. The van der Waals surface area contributed by atoms with Crippen LogP contribution in [0.15, 0.2) is 48.5 Å². The summed E-state index contributed by atoms with van der Waals surface area (Å²) < 4.78 is 66.0. The summed E-state index contributed by atoms with van der Waals surface area (Å²) in [6.45, 7) is 0.747. The fourth-order valence-electron chi connectivity index (χ4n) is 4.25. The minimum atomic E-state index is -4.83. The van der Waals surface area contributed by atoms with Gasteiger partial charge in [-0.1, -0.05) is 54.8 Å². The largest absolute Gasteiger partial charge is 0.417 e. The number of halogens is 4. The van der Waals surface area contributed by atoms with Crippen molar-refractivity contribution in [2.45, 2.75) is 57.4 Å². The number of rotatable bonds is 9. The summed E-state index contributed by atoms with van der Waals surface area (Å²) in [5.41, 5.74) is -0.887. The molecule has 7 nitrogen and oxygen atoms in total. The van der Waals surface area contributed by atoms with Crippen LogP contribution in [0.3, 0.4) is 0 Å².